The summed E-state index contributed by atoms with van der Waals surface area (Å²) in [4.78, 5) is 12.7. The molecule has 0 saturated carbocycles. The van der Waals surface area contributed by atoms with Gasteiger partial charge in [0.1, 0.15) is 5.69 Å². The molecule has 0 radical (unpaired) electrons. The Labute approximate surface area is 111 Å². The minimum absolute atomic E-state index is 0.0681. The van der Waals surface area contributed by atoms with Crippen LogP contribution in [0.4, 0.5) is 0 Å². The van der Waals surface area contributed by atoms with E-state index in [9.17, 15) is 4.79 Å². The number of ketones is 1. The first-order chi connectivity index (χ1) is 8.38. The van der Waals surface area contributed by atoms with Crippen LogP contribution in [0, 0.1) is 5.41 Å². The number of rotatable bonds is 3. The molecule has 1 aromatic heterocycles. The number of nitrogens with two attached hydrogens (primary N) is 1. The highest BCUT2D eigenvalue weighted by atomic mass is 35.5. The van der Waals surface area contributed by atoms with Gasteiger partial charge in [-0.05, 0) is 20.8 Å². The van der Waals surface area contributed by atoms with E-state index in [4.69, 9.17) is 22.1 Å². The maximum absolute atomic E-state index is 12.7. The minimum atomic E-state index is -0.726. The van der Waals surface area contributed by atoms with E-state index in [1.165, 1.54) is 6.20 Å². The lowest BCUT2D eigenvalue weighted by Crippen LogP contribution is -2.45. The molecule has 1 saturated heterocycles. The summed E-state index contributed by atoms with van der Waals surface area (Å²) < 4.78 is 6.95. The molecule has 0 aromatic carbocycles. The molecule has 0 aliphatic carbocycles. The number of carbonyl (C=O) groups is 1. The predicted octanol–water partition coefficient (Wildman–Crippen LogP) is 1.66. The average Bonchev–Trinajstić information content (AvgIpc) is 2.83. The third-order valence-electron chi connectivity index (χ3n) is 3.49. The first kappa shape index (κ1) is 13.5. The van der Waals surface area contributed by atoms with Crippen LogP contribution in [-0.4, -0.2) is 34.8 Å². The van der Waals surface area contributed by atoms with E-state index in [0.29, 0.717) is 23.9 Å². The highest BCUT2D eigenvalue weighted by Crippen LogP contribution is 2.34. The normalized spacial score (nSPS) is 28.0. The van der Waals surface area contributed by atoms with Gasteiger partial charge in [0.15, 0.2) is 5.78 Å². The van der Waals surface area contributed by atoms with Crippen molar-refractivity contribution in [3.63, 3.8) is 0 Å². The Bertz CT molecular complexity index is 472. The Balaban J connectivity index is 2.43. The smallest absolute Gasteiger partial charge is 0.192 e. The van der Waals surface area contributed by atoms with Gasteiger partial charge in [0.25, 0.3) is 0 Å². The number of hydrogen-bond acceptors (Lipinski definition) is 4. The van der Waals surface area contributed by atoms with Crippen molar-refractivity contribution in [2.24, 2.45) is 11.1 Å². The van der Waals surface area contributed by atoms with Gasteiger partial charge >= 0.3 is 0 Å². The molecule has 100 valence electrons. The van der Waals surface area contributed by atoms with Crippen molar-refractivity contribution in [1.29, 1.82) is 0 Å². The van der Waals surface area contributed by atoms with Gasteiger partial charge in [0.2, 0.25) is 0 Å². The topological polar surface area (TPSA) is 70.1 Å². The molecular formula is C12H18ClN3O2. The van der Waals surface area contributed by atoms with Crippen molar-refractivity contribution in [2.75, 3.05) is 13.2 Å². The van der Waals surface area contributed by atoms with Crippen molar-refractivity contribution in [3.8, 4) is 0 Å². The summed E-state index contributed by atoms with van der Waals surface area (Å²) >= 11 is 6.09. The molecule has 2 unspecified atom stereocenters. The van der Waals surface area contributed by atoms with Crippen LogP contribution in [0.5, 0.6) is 0 Å². The summed E-state index contributed by atoms with van der Waals surface area (Å²) in [6, 6.07) is -0.241. The number of carbonyl (C=O) groups excluding carboxylic acids is 1. The molecule has 2 N–H and O–H groups in total. The number of nitrogens with zero attached hydrogens (tertiary/aromatic N) is 2. The molecule has 18 heavy (non-hydrogen) atoms. The maximum atomic E-state index is 12.7. The molecule has 1 aliphatic heterocycles. The van der Waals surface area contributed by atoms with Gasteiger partial charge in [-0.2, -0.15) is 5.10 Å². The van der Waals surface area contributed by atoms with E-state index in [-0.39, 0.29) is 17.9 Å². The molecule has 2 heterocycles. The fraction of sp³-hybridized carbons (Fsp3) is 0.667. The Morgan fingerprint density at radius 1 is 1.72 bits per heavy atom. The number of hydrogen-bond donors (Lipinski definition) is 1. The second-order valence-electron chi connectivity index (χ2n) is 5.25. The van der Waals surface area contributed by atoms with Gasteiger partial charge in [-0.25, -0.2) is 0 Å². The molecule has 0 amide bonds. The number of ether oxygens (including phenoxy) is 1. The average molecular weight is 272 g/mol. The van der Waals surface area contributed by atoms with Crippen LogP contribution in [0.2, 0.25) is 5.02 Å². The second kappa shape index (κ2) is 4.64. The minimum Gasteiger partial charge on any atom is -0.379 e. The van der Waals surface area contributed by atoms with Gasteiger partial charge in [0.05, 0.1) is 29.8 Å². The predicted molar refractivity (Wildman–Crippen MR) is 68.9 cm³/mol. The molecule has 1 aromatic rings. The third kappa shape index (κ3) is 1.96. The largest absolute Gasteiger partial charge is 0.379 e. The highest BCUT2D eigenvalue weighted by molar-refractivity contribution is 6.33. The first-order valence-electron chi connectivity index (χ1n) is 5.99. The summed E-state index contributed by atoms with van der Waals surface area (Å²) in [5.74, 6) is -0.0938. The van der Waals surface area contributed by atoms with E-state index in [2.05, 4.69) is 5.10 Å². The lowest BCUT2D eigenvalue weighted by Gasteiger charge is -2.26. The van der Waals surface area contributed by atoms with Crippen LogP contribution >= 0.6 is 11.6 Å². The standard InChI is InChI=1S/C12H18ClN3O2/c1-7(2)16-10(8(13)4-15-16)11(17)12(3)6-18-5-9(12)14/h4,7,9H,5-6,14H2,1-3H3. The number of Topliss-reactive ketones (excluding diaryl/α,β-unsaturated/α-hetero) is 1. The summed E-state index contributed by atoms with van der Waals surface area (Å²) in [7, 11) is 0. The Morgan fingerprint density at radius 3 is 2.89 bits per heavy atom. The Morgan fingerprint density at radius 2 is 2.39 bits per heavy atom. The van der Waals surface area contributed by atoms with E-state index in [1.54, 1.807) is 4.68 Å². The van der Waals surface area contributed by atoms with Crippen molar-refractivity contribution in [3.05, 3.63) is 16.9 Å². The van der Waals surface area contributed by atoms with E-state index in [1.807, 2.05) is 20.8 Å². The summed E-state index contributed by atoms with van der Waals surface area (Å²) in [6.45, 7) is 6.45. The number of aromatic nitrogens is 2. The molecule has 5 nitrogen and oxygen atoms in total. The third-order valence-corrected chi connectivity index (χ3v) is 3.77. The molecule has 2 rings (SSSR count). The van der Waals surface area contributed by atoms with E-state index < -0.39 is 5.41 Å². The zero-order valence-corrected chi connectivity index (χ0v) is 11.6. The summed E-state index contributed by atoms with van der Waals surface area (Å²) in [5, 5.41) is 4.52. The SMILES string of the molecule is CC(C)n1ncc(Cl)c1C(=O)C1(C)COCC1N. The summed E-state index contributed by atoms with van der Waals surface area (Å²) in [6.07, 6.45) is 1.50. The van der Waals surface area contributed by atoms with Crippen LogP contribution in [0.15, 0.2) is 6.20 Å². The van der Waals surface area contributed by atoms with Crippen molar-refractivity contribution in [2.45, 2.75) is 32.9 Å². The van der Waals surface area contributed by atoms with E-state index in [0.717, 1.165) is 0 Å². The van der Waals surface area contributed by atoms with Gasteiger partial charge in [-0.15, -0.1) is 0 Å². The maximum Gasteiger partial charge on any atom is 0.192 e. The molecular weight excluding hydrogens is 254 g/mol. The van der Waals surface area contributed by atoms with Gasteiger partial charge in [-0.1, -0.05) is 11.6 Å². The molecule has 0 spiro atoms. The van der Waals surface area contributed by atoms with Gasteiger partial charge in [0, 0.05) is 12.1 Å². The lowest BCUT2D eigenvalue weighted by molar-refractivity contribution is 0.0754. The van der Waals surface area contributed by atoms with Gasteiger partial charge < -0.3 is 10.5 Å². The van der Waals surface area contributed by atoms with Crippen molar-refractivity contribution in [1.82, 2.24) is 9.78 Å². The fourth-order valence-electron chi connectivity index (χ4n) is 2.14. The quantitative estimate of drug-likeness (QED) is 0.849. The van der Waals surface area contributed by atoms with Crippen molar-refractivity contribution < 1.29 is 9.53 Å². The fourth-order valence-corrected chi connectivity index (χ4v) is 2.35. The molecule has 2 atom stereocenters. The highest BCUT2D eigenvalue weighted by Gasteiger charge is 2.46. The molecule has 1 aliphatic rings. The zero-order valence-electron chi connectivity index (χ0n) is 10.8. The van der Waals surface area contributed by atoms with E-state index >= 15 is 0 Å². The second-order valence-corrected chi connectivity index (χ2v) is 5.65. The monoisotopic (exact) mass is 271 g/mol. The van der Waals surface area contributed by atoms with Crippen LogP contribution in [0.3, 0.4) is 0 Å². The molecule has 0 bridgehead atoms. The summed E-state index contributed by atoms with van der Waals surface area (Å²) in [5.41, 5.74) is 5.68. The first-order valence-corrected chi connectivity index (χ1v) is 6.37. The van der Waals surface area contributed by atoms with Crippen LogP contribution < -0.4 is 5.73 Å². The zero-order chi connectivity index (χ0) is 13.5. The van der Waals surface area contributed by atoms with Crippen LogP contribution in [-0.2, 0) is 4.74 Å². The Kier molecular flexibility index (Phi) is 3.49. The van der Waals surface area contributed by atoms with Crippen molar-refractivity contribution >= 4 is 17.4 Å². The van der Waals surface area contributed by atoms with Crippen LogP contribution in [0.1, 0.15) is 37.3 Å². The van der Waals surface area contributed by atoms with Crippen LogP contribution in [0.25, 0.3) is 0 Å². The number of halogens is 1. The Hall–Kier alpha value is -0.910. The lowest BCUT2D eigenvalue weighted by atomic mass is 9.80. The molecule has 6 heteroatoms. The van der Waals surface area contributed by atoms with Gasteiger partial charge in [-0.3, -0.25) is 9.48 Å². The molecule has 1 fully saturated rings.